The minimum Gasteiger partial charge on any atom is -0.336 e. The molecule has 0 aromatic carbocycles. The van der Waals surface area contributed by atoms with Gasteiger partial charge in [-0.05, 0) is 25.8 Å². The second-order valence-corrected chi connectivity index (χ2v) is 4.53. The summed E-state index contributed by atoms with van der Waals surface area (Å²) in [6.45, 7) is 3.38. The van der Waals surface area contributed by atoms with Gasteiger partial charge in [-0.3, -0.25) is 0 Å². The highest BCUT2D eigenvalue weighted by Crippen LogP contribution is 2.31. The van der Waals surface area contributed by atoms with E-state index in [-0.39, 0.29) is 5.54 Å². The van der Waals surface area contributed by atoms with Crippen molar-refractivity contribution < 1.29 is 0 Å². The van der Waals surface area contributed by atoms with Crippen LogP contribution in [0.3, 0.4) is 0 Å². The summed E-state index contributed by atoms with van der Waals surface area (Å²) >= 11 is 0. The predicted molar refractivity (Wildman–Crippen MR) is 61.6 cm³/mol. The van der Waals surface area contributed by atoms with Crippen LogP contribution < -0.4 is 5.32 Å². The minimum absolute atomic E-state index is 0.120. The molecule has 1 atom stereocenters. The zero-order valence-electron chi connectivity index (χ0n) is 9.79. The average Bonchev–Trinajstić information content (AvgIpc) is 2.56. The first-order valence-corrected chi connectivity index (χ1v) is 6.01. The Morgan fingerprint density at radius 1 is 1.47 bits per heavy atom. The van der Waals surface area contributed by atoms with Crippen molar-refractivity contribution in [2.75, 3.05) is 6.54 Å². The third-order valence-electron chi connectivity index (χ3n) is 3.60. The van der Waals surface area contributed by atoms with Crippen LogP contribution in [-0.4, -0.2) is 16.1 Å². The average molecular weight is 207 g/mol. The molecule has 1 fully saturated rings. The molecule has 2 heterocycles. The van der Waals surface area contributed by atoms with Crippen molar-refractivity contribution >= 4 is 0 Å². The van der Waals surface area contributed by atoms with Crippen molar-refractivity contribution in [1.29, 1.82) is 0 Å². The summed E-state index contributed by atoms with van der Waals surface area (Å²) in [4.78, 5) is 4.52. The molecule has 1 unspecified atom stereocenters. The second-order valence-electron chi connectivity index (χ2n) is 4.53. The number of imidazole rings is 1. The smallest absolute Gasteiger partial charge is 0.128 e. The lowest BCUT2D eigenvalue weighted by Crippen LogP contribution is -2.43. The van der Waals surface area contributed by atoms with Gasteiger partial charge in [-0.2, -0.15) is 0 Å². The highest BCUT2D eigenvalue weighted by Gasteiger charge is 2.33. The summed E-state index contributed by atoms with van der Waals surface area (Å²) in [6, 6.07) is 0. The molecule has 2 rings (SSSR count). The zero-order chi connectivity index (χ0) is 10.7. The van der Waals surface area contributed by atoms with Gasteiger partial charge in [-0.25, -0.2) is 4.98 Å². The van der Waals surface area contributed by atoms with Gasteiger partial charge in [0.2, 0.25) is 0 Å². The van der Waals surface area contributed by atoms with Crippen molar-refractivity contribution in [3.63, 3.8) is 0 Å². The van der Waals surface area contributed by atoms with Crippen molar-refractivity contribution in [3.8, 4) is 0 Å². The molecule has 15 heavy (non-hydrogen) atoms. The number of rotatable bonds is 2. The van der Waals surface area contributed by atoms with E-state index in [2.05, 4.69) is 28.8 Å². The normalized spacial score (nSPS) is 27.6. The van der Waals surface area contributed by atoms with Gasteiger partial charge in [0.25, 0.3) is 0 Å². The molecule has 84 valence electrons. The van der Waals surface area contributed by atoms with Gasteiger partial charge in [-0.1, -0.05) is 19.8 Å². The SMILES string of the molecule is CCC1(c2nccn2C)CCCCCN1. The maximum atomic E-state index is 4.52. The van der Waals surface area contributed by atoms with E-state index in [1.165, 1.54) is 31.5 Å². The Balaban J connectivity index is 2.30. The van der Waals surface area contributed by atoms with Gasteiger partial charge in [-0.15, -0.1) is 0 Å². The van der Waals surface area contributed by atoms with Crippen LogP contribution in [0.15, 0.2) is 12.4 Å². The summed E-state index contributed by atoms with van der Waals surface area (Å²) in [5, 5.41) is 3.70. The Hall–Kier alpha value is -0.830. The Morgan fingerprint density at radius 2 is 2.33 bits per heavy atom. The Labute approximate surface area is 91.9 Å². The van der Waals surface area contributed by atoms with Crippen LogP contribution in [0.25, 0.3) is 0 Å². The molecule has 0 aliphatic carbocycles. The van der Waals surface area contributed by atoms with E-state index >= 15 is 0 Å². The summed E-state index contributed by atoms with van der Waals surface area (Å²) in [7, 11) is 2.09. The number of nitrogens with one attached hydrogen (secondary N) is 1. The number of hydrogen-bond acceptors (Lipinski definition) is 2. The largest absolute Gasteiger partial charge is 0.336 e. The molecule has 0 radical (unpaired) electrons. The number of aromatic nitrogens is 2. The highest BCUT2D eigenvalue weighted by molar-refractivity contribution is 5.09. The maximum absolute atomic E-state index is 4.52. The third kappa shape index (κ3) is 1.93. The molecular weight excluding hydrogens is 186 g/mol. The van der Waals surface area contributed by atoms with E-state index in [1.54, 1.807) is 0 Å². The van der Waals surface area contributed by atoms with Gasteiger partial charge in [0, 0.05) is 19.4 Å². The van der Waals surface area contributed by atoms with Gasteiger partial charge < -0.3 is 9.88 Å². The van der Waals surface area contributed by atoms with Gasteiger partial charge in [0.15, 0.2) is 0 Å². The molecule has 3 heteroatoms. The predicted octanol–water partition coefficient (Wildman–Crippen LogP) is 2.19. The highest BCUT2D eigenvalue weighted by atomic mass is 15.1. The quantitative estimate of drug-likeness (QED) is 0.805. The first-order valence-electron chi connectivity index (χ1n) is 6.01. The van der Waals surface area contributed by atoms with E-state index < -0.39 is 0 Å². The molecule has 0 bridgehead atoms. The molecule has 3 nitrogen and oxygen atoms in total. The van der Waals surface area contributed by atoms with Crippen LogP contribution in [0.5, 0.6) is 0 Å². The van der Waals surface area contributed by atoms with Crippen molar-refractivity contribution in [3.05, 3.63) is 18.2 Å². The Bertz CT molecular complexity index is 308. The molecule has 1 saturated heterocycles. The molecule has 0 amide bonds. The van der Waals surface area contributed by atoms with Gasteiger partial charge >= 0.3 is 0 Å². The third-order valence-corrected chi connectivity index (χ3v) is 3.60. The summed E-state index contributed by atoms with van der Waals surface area (Å²) in [5.41, 5.74) is 0.120. The molecule has 1 N–H and O–H groups in total. The lowest BCUT2D eigenvalue weighted by atomic mass is 9.89. The van der Waals surface area contributed by atoms with Crippen LogP contribution in [0.4, 0.5) is 0 Å². The molecule has 0 spiro atoms. The lowest BCUT2D eigenvalue weighted by molar-refractivity contribution is 0.287. The van der Waals surface area contributed by atoms with Crippen molar-refractivity contribution in [2.45, 2.75) is 44.6 Å². The topological polar surface area (TPSA) is 29.9 Å². The van der Waals surface area contributed by atoms with E-state index in [0.717, 1.165) is 13.0 Å². The first kappa shape index (κ1) is 10.7. The second kappa shape index (κ2) is 4.35. The maximum Gasteiger partial charge on any atom is 0.128 e. The molecule has 1 aromatic heterocycles. The van der Waals surface area contributed by atoms with E-state index in [0.29, 0.717) is 0 Å². The standard InChI is InChI=1S/C12H21N3/c1-3-12(7-5-4-6-8-14-12)11-13-9-10-15(11)2/h9-10,14H,3-8H2,1-2H3. The molecule has 0 saturated carbocycles. The number of aryl methyl sites for hydroxylation is 1. The molecule has 1 aliphatic rings. The van der Waals surface area contributed by atoms with Gasteiger partial charge in [0.05, 0.1) is 5.54 Å². The fourth-order valence-corrected chi connectivity index (χ4v) is 2.62. The van der Waals surface area contributed by atoms with Crippen LogP contribution in [0.1, 0.15) is 44.9 Å². The molecule has 1 aliphatic heterocycles. The Morgan fingerprint density at radius 3 is 3.00 bits per heavy atom. The lowest BCUT2D eigenvalue weighted by Gasteiger charge is -2.32. The summed E-state index contributed by atoms with van der Waals surface area (Å²) in [5.74, 6) is 1.20. The van der Waals surface area contributed by atoms with Gasteiger partial charge in [0.1, 0.15) is 5.82 Å². The van der Waals surface area contributed by atoms with Crippen LogP contribution in [0, 0.1) is 0 Å². The number of hydrogen-bond donors (Lipinski definition) is 1. The fraction of sp³-hybridized carbons (Fsp3) is 0.750. The van der Waals surface area contributed by atoms with E-state index in [4.69, 9.17) is 0 Å². The van der Waals surface area contributed by atoms with E-state index in [1.807, 2.05) is 12.4 Å². The van der Waals surface area contributed by atoms with Crippen LogP contribution in [-0.2, 0) is 12.6 Å². The fourth-order valence-electron chi connectivity index (χ4n) is 2.62. The summed E-state index contributed by atoms with van der Waals surface area (Å²) < 4.78 is 2.15. The van der Waals surface area contributed by atoms with Crippen molar-refractivity contribution in [1.82, 2.24) is 14.9 Å². The monoisotopic (exact) mass is 207 g/mol. The Kier molecular flexibility index (Phi) is 3.10. The number of nitrogens with zero attached hydrogens (tertiary/aromatic N) is 2. The van der Waals surface area contributed by atoms with Crippen LogP contribution in [0.2, 0.25) is 0 Å². The molecular formula is C12H21N3. The van der Waals surface area contributed by atoms with E-state index in [9.17, 15) is 0 Å². The van der Waals surface area contributed by atoms with Crippen LogP contribution >= 0.6 is 0 Å². The van der Waals surface area contributed by atoms with Crippen molar-refractivity contribution in [2.24, 2.45) is 7.05 Å². The summed E-state index contributed by atoms with van der Waals surface area (Å²) in [6.07, 6.45) is 10.2. The zero-order valence-corrected chi connectivity index (χ0v) is 9.79. The molecule has 1 aromatic rings. The first-order chi connectivity index (χ1) is 7.28. The minimum atomic E-state index is 0.120.